The molecule has 4 bridgehead atoms. The van der Waals surface area contributed by atoms with Gasteiger partial charge in [0.25, 0.3) is 5.56 Å². The summed E-state index contributed by atoms with van der Waals surface area (Å²) in [6.07, 6.45) is 10.7. The van der Waals surface area contributed by atoms with Crippen LogP contribution in [0.3, 0.4) is 0 Å². The van der Waals surface area contributed by atoms with Crippen LogP contribution in [0, 0.1) is 17.8 Å². The van der Waals surface area contributed by atoms with Crippen molar-refractivity contribution in [1.82, 2.24) is 9.55 Å². The van der Waals surface area contributed by atoms with E-state index in [4.69, 9.17) is 0 Å². The van der Waals surface area contributed by atoms with Crippen LogP contribution in [0.2, 0.25) is 0 Å². The van der Waals surface area contributed by atoms with Crippen LogP contribution in [-0.4, -0.2) is 41.0 Å². The standard InChI is InChI=1S/C26H32N4O4S/c1-30-14-21(19-5-6-27-24(19)25(30)31)20-10-18(29-35(2,33)34)3-4-22(20)28-23-9-16-7-15-8-17(23)13-26(32,11-15)12-16/h3-6,10,14-17,23,27-29,32H,7-9,11-13H2,1-2H3. The maximum atomic E-state index is 12.7. The summed E-state index contributed by atoms with van der Waals surface area (Å²) in [7, 11) is -1.73. The Kier molecular flexibility index (Phi) is 5.09. The van der Waals surface area contributed by atoms with Crippen molar-refractivity contribution in [3.05, 3.63) is 47.0 Å². The lowest BCUT2D eigenvalue weighted by molar-refractivity contribution is -0.0711. The molecule has 4 fully saturated rings. The first-order chi connectivity index (χ1) is 16.6. The largest absolute Gasteiger partial charge is 0.390 e. The molecule has 5 atom stereocenters. The Hall–Kier alpha value is -2.78. The van der Waals surface area contributed by atoms with Gasteiger partial charge in [0.05, 0.1) is 11.9 Å². The van der Waals surface area contributed by atoms with Gasteiger partial charge in [0, 0.05) is 53.4 Å². The molecule has 5 unspecified atom stereocenters. The third kappa shape index (κ3) is 4.14. The van der Waals surface area contributed by atoms with Crippen molar-refractivity contribution in [2.24, 2.45) is 24.8 Å². The van der Waals surface area contributed by atoms with Gasteiger partial charge in [-0.3, -0.25) is 9.52 Å². The van der Waals surface area contributed by atoms with Crippen molar-refractivity contribution in [3.8, 4) is 11.1 Å². The highest BCUT2D eigenvalue weighted by Gasteiger charge is 2.50. The molecule has 4 aliphatic carbocycles. The number of rotatable bonds is 5. The topological polar surface area (TPSA) is 116 Å². The van der Waals surface area contributed by atoms with Crippen LogP contribution >= 0.6 is 0 Å². The number of H-pyrrole nitrogens is 1. The minimum atomic E-state index is -3.45. The normalized spacial score (nSPS) is 29.9. The molecule has 0 spiro atoms. The van der Waals surface area contributed by atoms with E-state index in [0.717, 1.165) is 60.6 Å². The smallest absolute Gasteiger partial charge is 0.274 e. The molecule has 0 radical (unpaired) electrons. The number of nitrogens with zero attached hydrogens (tertiary/aromatic N) is 1. The van der Waals surface area contributed by atoms with Gasteiger partial charge in [-0.05, 0) is 80.5 Å². The lowest BCUT2D eigenvalue weighted by atomic mass is 9.65. The number of hydrogen-bond acceptors (Lipinski definition) is 5. The van der Waals surface area contributed by atoms with Gasteiger partial charge in [0.1, 0.15) is 5.52 Å². The summed E-state index contributed by atoms with van der Waals surface area (Å²) in [6.45, 7) is 0. The number of pyridine rings is 1. The molecule has 7 rings (SSSR count). The van der Waals surface area contributed by atoms with E-state index in [1.165, 1.54) is 6.42 Å². The first-order valence-electron chi connectivity index (χ1n) is 12.3. The third-order valence-corrected chi connectivity index (χ3v) is 8.89. The number of anilines is 2. The van der Waals surface area contributed by atoms with Crippen LogP contribution in [0.15, 0.2) is 41.5 Å². The number of fused-ring (bicyclic) bond motifs is 2. The van der Waals surface area contributed by atoms with E-state index < -0.39 is 15.6 Å². The summed E-state index contributed by atoms with van der Waals surface area (Å²) in [4.78, 5) is 15.7. The summed E-state index contributed by atoms with van der Waals surface area (Å²) in [6, 6.07) is 7.66. The van der Waals surface area contributed by atoms with Gasteiger partial charge < -0.3 is 20.0 Å². The van der Waals surface area contributed by atoms with Crippen molar-refractivity contribution in [3.63, 3.8) is 0 Å². The average Bonchev–Trinajstić information content (AvgIpc) is 3.18. The molecule has 4 N–H and O–H groups in total. The Morgan fingerprint density at radius 1 is 1.09 bits per heavy atom. The quantitative estimate of drug-likeness (QED) is 0.430. The minimum Gasteiger partial charge on any atom is -0.390 e. The van der Waals surface area contributed by atoms with E-state index in [-0.39, 0.29) is 11.6 Å². The SMILES string of the molecule is Cn1cc(-c2cc(NS(C)(=O)=O)ccc2NC2CC3CC4CC2CC(O)(C4)C3)c2cc[nH]c2c1=O. The predicted octanol–water partition coefficient (Wildman–Crippen LogP) is 3.65. The Bertz CT molecular complexity index is 1480. The lowest BCUT2D eigenvalue weighted by Crippen LogP contribution is -2.44. The van der Waals surface area contributed by atoms with E-state index in [0.29, 0.717) is 29.0 Å². The summed E-state index contributed by atoms with van der Waals surface area (Å²) in [5, 5.41) is 15.8. The van der Waals surface area contributed by atoms with Gasteiger partial charge in [-0.15, -0.1) is 0 Å². The summed E-state index contributed by atoms with van der Waals surface area (Å²) < 4.78 is 28.0. The Balaban J connectivity index is 1.45. The van der Waals surface area contributed by atoms with Crippen LogP contribution < -0.4 is 15.6 Å². The molecular weight excluding hydrogens is 464 g/mol. The lowest BCUT2D eigenvalue weighted by Gasteiger charge is -2.45. The highest BCUT2D eigenvalue weighted by Crippen LogP contribution is 2.54. The number of benzene rings is 1. The molecule has 8 nitrogen and oxygen atoms in total. The van der Waals surface area contributed by atoms with E-state index >= 15 is 0 Å². The van der Waals surface area contributed by atoms with Crippen molar-refractivity contribution in [2.75, 3.05) is 16.3 Å². The number of sulfonamides is 1. The molecule has 4 saturated carbocycles. The fraction of sp³-hybridized carbons (Fsp3) is 0.500. The van der Waals surface area contributed by atoms with Crippen molar-refractivity contribution in [1.29, 1.82) is 0 Å². The zero-order chi connectivity index (χ0) is 24.5. The Morgan fingerprint density at radius 2 is 1.86 bits per heavy atom. The number of aromatic amines is 1. The fourth-order valence-corrected chi connectivity index (χ4v) is 7.77. The fourth-order valence-electron chi connectivity index (χ4n) is 7.21. The third-order valence-electron chi connectivity index (χ3n) is 8.29. The molecule has 0 aliphatic heterocycles. The molecule has 3 aromatic rings. The van der Waals surface area contributed by atoms with Gasteiger partial charge >= 0.3 is 0 Å². The van der Waals surface area contributed by atoms with E-state index in [9.17, 15) is 18.3 Å². The molecule has 2 aromatic heterocycles. The van der Waals surface area contributed by atoms with Gasteiger partial charge in [0.2, 0.25) is 10.0 Å². The maximum Gasteiger partial charge on any atom is 0.274 e. The van der Waals surface area contributed by atoms with Crippen molar-refractivity contribution < 1.29 is 13.5 Å². The highest BCUT2D eigenvalue weighted by molar-refractivity contribution is 7.92. The van der Waals surface area contributed by atoms with Crippen LogP contribution in [0.5, 0.6) is 0 Å². The van der Waals surface area contributed by atoms with Crippen LogP contribution in [0.4, 0.5) is 11.4 Å². The van der Waals surface area contributed by atoms with Crippen LogP contribution in [-0.2, 0) is 17.1 Å². The van der Waals surface area contributed by atoms with Gasteiger partial charge in [-0.1, -0.05) is 0 Å². The molecule has 4 aliphatic rings. The monoisotopic (exact) mass is 496 g/mol. The van der Waals surface area contributed by atoms with Crippen LogP contribution in [0.1, 0.15) is 38.5 Å². The number of hydrogen-bond donors (Lipinski definition) is 4. The second-order valence-electron chi connectivity index (χ2n) is 11.1. The number of aliphatic hydroxyl groups is 1. The molecule has 186 valence electrons. The predicted molar refractivity (Wildman–Crippen MR) is 138 cm³/mol. The van der Waals surface area contributed by atoms with E-state index in [1.807, 2.05) is 24.4 Å². The summed E-state index contributed by atoms with van der Waals surface area (Å²) in [5.41, 5.74) is 2.95. The Labute approximate surface area is 204 Å². The minimum absolute atomic E-state index is 0.112. The zero-order valence-corrected chi connectivity index (χ0v) is 20.9. The number of aryl methyl sites for hydroxylation is 1. The first-order valence-corrected chi connectivity index (χ1v) is 14.2. The second kappa shape index (κ2) is 7.86. The van der Waals surface area contributed by atoms with Gasteiger partial charge in [-0.2, -0.15) is 0 Å². The number of aromatic nitrogens is 2. The molecule has 9 heteroatoms. The maximum absolute atomic E-state index is 12.7. The number of nitrogens with one attached hydrogen (secondary N) is 3. The molecule has 0 amide bonds. The molecule has 35 heavy (non-hydrogen) atoms. The van der Waals surface area contributed by atoms with Crippen molar-refractivity contribution in [2.45, 2.75) is 50.2 Å². The molecule has 1 aromatic carbocycles. The van der Waals surface area contributed by atoms with Gasteiger partial charge in [0.15, 0.2) is 0 Å². The van der Waals surface area contributed by atoms with Gasteiger partial charge in [-0.25, -0.2) is 8.42 Å². The van der Waals surface area contributed by atoms with E-state index in [2.05, 4.69) is 15.0 Å². The Morgan fingerprint density at radius 3 is 2.60 bits per heavy atom. The van der Waals surface area contributed by atoms with Crippen molar-refractivity contribution >= 4 is 32.3 Å². The zero-order valence-electron chi connectivity index (χ0n) is 20.0. The first kappa shape index (κ1) is 22.7. The summed E-state index contributed by atoms with van der Waals surface area (Å²) >= 11 is 0. The average molecular weight is 497 g/mol. The van der Waals surface area contributed by atoms with E-state index in [1.54, 1.807) is 23.9 Å². The highest BCUT2D eigenvalue weighted by atomic mass is 32.2. The molecule has 0 saturated heterocycles. The summed E-state index contributed by atoms with van der Waals surface area (Å²) in [5.74, 6) is 1.53. The van der Waals surface area contributed by atoms with Crippen LogP contribution in [0.25, 0.3) is 22.0 Å². The second-order valence-corrected chi connectivity index (χ2v) is 12.9. The molecular formula is C26H32N4O4S. The molecule has 2 heterocycles.